The number of hydrogen-bond acceptors (Lipinski definition) is 3. The van der Waals surface area contributed by atoms with E-state index >= 15 is 0 Å². The number of morpholine rings is 1. The van der Waals surface area contributed by atoms with Crippen LogP contribution in [0.25, 0.3) is 5.69 Å². The summed E-state index contributed by atoms with van der Waals surface area (Å²) in [6.45, 7) is 9.86. The molecule has 3 rings (SSSR count). The van der Waals surface area contributed by atoms with E-state index in [2.05, 4.69) is 30.9 Å². The molecule has 0 radical (unpaired) electrons. The van der Waals surface area contributed by atoms with Crippen LogP contribution in [0.15, 0.2) is 41.3 Å². The molecule has 0 bridgehead atoms. The van der Waals surface area contributed by atoms with Gasteiger partial charge in [0.2, 0.25) is 0 Å². The Morgan fingerprint density at radius 3 is 2.17 bits per heavy atom. The number of ether oxygens (including phenoxy) is 1. The first-order valence-electron chi connectivity index (χ1n) is 8.15. The van der Waals surface area contributed by atoms with E-state index in [-0.39, 0.29) is 17.8 Å². The highest BCUT2D eigenvalue weighted by Gasteiger charge is 2.22. The van der Waals surface area contributed by atoms with Gasteiger partial charge in [-0.25, -0.2) is 0 Å². The first-order valence-corrected chi connectivity index (χ1v) is 8.15. The smallest absolute Gasteiger partial charge is 0.257 e. The lowest BCUT2D eigenvalue weighted by Crippen LogP contribution is -2.45. The van der Waals surface area contributed by atoms with Crippen LogP contribution in [0.5, 0.6) is 0 Å². The Hall–Kier alpha value is -2.07. The van der Waals surface area contributed by atoms with Crippen molar-refractivity contribution in [1.82, 2.24) is 4.57 Å². The van der Waals surface area contributed by atoms with E-state index in [9.17, 15) is 4.79 Å². The molecular weight excluding hydrogens is 288 g/mol. The molecule has 0 aliphatic carbocycles. The number of nitrogens with zero attached hydrogens (tertiary/aromatic N) is 2. The second-order valence-electron chi connectivity index (χ2n) is 6.55. The third kappa shape index (κ3) is 3.32. The zero-order valence-electron chi connectivity index (χ0n) is 14.2. The van der Waals surface area contributed by atoms with Crippen LogP contribution in [0.3, 0.4) is 0 Å². The monoisotopic (exact) mass is 312 g/mol. The van der Waals surface area contributed by atoms with Crippen LogP contribution in [-0.2, 0) is 4.74 Å². The molecular formula is C19H24N2O2. The lowest BCUT2D eigenvalue weighted by atomic mass is 10.1. The number of hydrogen-bond donors (Lipinski definition) is 0. The molecule has 1 fully saturated rings. The van der Waals surface area contributed by atoms with Gasteiger partial charge >= 0.3 is 0 Å². The topological polar surface area (TPSA) is 34.5 Å². The molecule has 0 saturated carbocycles. The third-order valence-electron chi connectivity index (χ3n) is 4.25. The lowest BCUT2D eigenvalue weighted by Gasteiger charge is -2.36. The minimum Gasteiger partial charge on any atom is -0.372 e. The average molecular weight is 312 g/mol. The fourth-order valence-electron chi connectivity index (χ4n) is 3.30. The number of benzene rings is 1. The highest BCUT2D eigenvalue weighted by atomic mass is 16.5. The van der Waals surface area contributed by atoms with Crippen molar-refractivity contribution >= 4 is 5.69 Å². The van der Waals surface area contributed by atoms with Crippen molar-refractivity contribution in [2.45, 2.75) is 39.9 Å². The van der Waals surface area contributed by atoms with Crippen LogP contribution in [0.2, 0.25) is 0 Å². The molecule has 4 nitrogen and oxygen atoms in total. The molecule has 1 aromatic heterocycles. The first kappa shape index (κ1) is 15.8. The van der Waals surface area contributed by atoms with Gasteiger partial charge in [0.1, 0.15) is 0 Å². The summed E-state index contributed by atoms with van der Waals surface area (Å²) in [4.78, 5) is 14.7. The van der Waals surface area contributed by atoms with Crippen LogP contribution >= 0.6 is 0 Å². The van der Waals surface area contributed by atoms with E-state index in [0.717, 1.165) is 29.9 Å². The second-order valence-corrected chi connectivity index (χ2v) is 6.55. The van der Waals surface area contributed by atoms with Crippen LogP contribution < -0.4 is 10.5 Å². The summed E-state index contributed by atoms with van der Waals surface area (Å²) < 4.78 is 7.51. The summed E-state index contributed by atoms with van der Waals surface area (Å²) in [5.41, 5.74) is 3.97. The molecule has 2 heterocycles. The summed E-state index contributed by atoms with van der Waals surface area (Å²) in [5.74, 6) is 0. The summed E-state index contributed by atoms with van der Waals surface area (Å²) in [6, 6.07) is 10.1. The predicted octanol–water partition coefficient (Wildman–Crippen LogP) is 3.07. The minimum absolute atomic E-state index is 0.0389. The largest absolute Gasteiger partial charge is 0.372 e. The maximum absolute atomic E-state index is 12.3. The summed E-state index contributed by atoms with van der Waals surface area (Å²) >= 11 is 0. The Balaban J connectivity index is 1.90. The van der Waals surface area contributed by atoms with Gasteiger partial charge in [0, 0.05) is 36.2 Å². The van der Waals surface area contributed by atoms with Crippen LogP contribution in [0, 0.1) is 13.8 Å². The molecule has 0 amide bonds. The van der Waals surface area contributed by atoms with Gasteiger partial charge < -0.3 is 9.64 Å². The number of aryl methyl sites for hydroxylation is 2. The molecule has 2 aromatic rings. The molecule has 0 spiro atoms. The van der Waals surface area contributed by atoms with Crippen molar-refractivity contribution in [2.24, 2.45) is 0 Å². The first-order chi connectivity index (χ1) is 10.9. The number of aromatic nitrogens is 1. The van der Waals surface area contributed by atoms with Gasteiger partial charge in [-0.2, -0.15) is 0 Å². The molecule has 1 aliphatic rings. The SMILES string of the molecule is Cc1cc(C)c(=O)n(-c2ccc(N3C[C@@H](C)O[C@@H](C)C3)cc2)c1. The van der Waals surface area contributed by atoms with E-state index in [1.807, 2.05) is 38.2 Å². The molecule has 122 valence electrons. The van der Waals surface area contributed by atoms with Crippen LogP contribution in [0.1, 0.15) is 25.0 Å². The van der Waals surface area contributed by atoms with Crippen molar-refractivity contribution < 1.29 is 4.74 Å². The average Bonchev–Trinajstić information content (AvgIpc) is 2.50. The normalized spacial score (nSPS) is 21.5. The summed E-state index contributed by atoms with van der Waals surface area (Å²) in [6.07, 6.45) is 2.37. The van der Waals surface area contributed by atoms with E-state index in [4.69, 9.17) is 4.74 Å². The Labute approximate surface area is 137 Å². The lowest BCUT2D eigenvalue weighted by molar-refractivity contribution is -0.00521. The number of rotatable bonds is 2. The van der Waals surface area contributed by atoms with Crippen molar-refractivity contribution in [3.05, 3.63) is 58.0 Å². The van der Waals surface area contributed by atoms with E-state index in [1.54, 1.807) is 4.57 Å². The molecule has 2 atom stereocenters. The van der Waals surface area contributed by atoms with Crippen molar-refractivity contribution in [3.8, 4) is 5.69 Å². The Bertz CT molecular complexity index is 739. The van der Waals surface area contributed by atoms with Gasteiger partial charge in [-0.05, 0) is 63.6 Å². The van der Waals surface area contributed by atoms with Crippen LogP contribution in [-0.4, -0.2) is 29.9 Å². The Kier molecular flexibility index (Phi) is 4.26. The summed E-state index contributed by atoms with van der Waals surface area (Å²) in [7, 11) is 0. The van der Waals surface area contributed by atoms with Crippen molar-refractivity contribution in [1.29, 1.82) is 0 Å². The van der Waals surface area contributed by atoms with Gasteiger partial charge in [-0.3, -0.25) is 9.36 Å². The number of anilines is 1. The van der Waals surface area contributed by atoms with Crippen LogP contribution in [0.4, 0.5) is 5.69 Å². The highest BCUT2D eigenvalue weighted by molar-refractivity contribution is 5.51. The van der Waals surface area contributed by atoms with Gasteiger partial charge in [0.15, 0.2) is 0 Å². The van der Waals surface area contributed by atoms with Crippen molar-refractivity contribution in [2.75, 3.05) is 18.0 Å². The van der Waals surface area contributed by atoms with Gasteiger partial charge in [-0.15, -0.1) is 0 Å². The third-order valence-corrected chi connectivity index (χ3v) is 4.25. The number of pyridine rings is 1. The zero-order valence-corrected chi connectivity index (χ0v) is 14.2. The van der Waals surface area contributed by atoms with Gasteiger partial charge in [0.05, 0.1) is 12.2 Å². The predicted molar refractivity (Wildman–Crippen MR) is 93.7 cm³/mol. The molecule has 0 N–H and O–H groups in total. The molecule has 1 aliphatic heterocycles. The molecule has 0 unspecified atom stereocenters. The van der Waals surface area contributed by atoms with Crippen molar-refractivity contribution in [3.63, 3.8) is 0 Å². The maximum atomic E-state index is 12.3. The van der Waals surface area contributed by atoms with Gasteiger partial charge in [0.25, 0.3) is 5.56 Å². The molecule has 1 aromatic carbocycles. The van der Waals surface area contributed by atoms with E-state index < -0.39 is 0 Å². The summed E-state index contributed by atoms with van der Waals surface area (Å²) in [5, 5.41) is 0. The molecule has 23 heavy (non-hydrogen) atoms. The molecule has 4 heteroatoms. The maximum Gasteiger partial charge on any atom is 0.257 e. The van der Waals surface area contributed by atoms with E-state index in [0.29, 0.717) is 0 Å². The zero-order chi connectivity index (χ0) is 16.6. The fraction of sp³-hybridized carbons (Fsp3) is 0.421. The second kappa shape index (κ2) is 6.20. The Morgan fingerprint density at radius 1 is 1.00 bits per heavy atom. The van der Waals surface area contributed by atoms with Gasteiger partial charge in [-0.1, -0.05) is 0 Å². The quantitative estimate of drug-likeness (QED) is 0.855. The fourth-order valence-corrected chi connectivity index (χ4v) is 3.30. The molecule has 1 saturated heterocycles. The Morgan fingerprint density at radius 2 is 1.57 bits per heavy atom. The highest BCUT2D eigenvalue weighted by Crippen LogP contribution is 2.21. The minimum atomic E-state index is 0.0389. The standard InChI is InChI=1S/C19H24N2O2/c1-13-9-14(2)19(22)21(10-13)18-7-5-17(6-8-18)20-11-15(3)23-16(4)12-20/h5-10,15-16H,11-12H2,1-4H3/t15-,16+. The van der Waals surface area contributed by atoms with E-state index in [1.165, 1.54) is 5.69 Å².